The fraction of sp³-hybridized carbons (Fsp3) is 0.818. The Morgan fingerprint density at radius 3 is 2.47 bits per heavy atom. The van der Waals surface area contributed by atoms with Crippen molar-refractivity contribution in [1.82, 2.24) is 20.1 Å². The van der Waals surface area contributed by atoms with E-state index in [-0.39, 0.29) is 0 Å². The van der Waals surface area contributed by atoms with E-state index in [2.05, 4.69) is 36.3 Å². The molecule has 0 aromatic carbocycles. The first kappa shape index (κ1) is 12.2. The first-order chi connectivity index (χ1) is 7.26. The maximum atomic E-state index is 3.80. The molecular weight excluding hydrogens is 188 g/mol. The number of aromatic nitrogens is 3. The van der Waals surface area contributed by atoms with Crippen molar-refractivity contribution in [2.45, 2.75) is 58.7 Å². The van der Waals surface area contributed by atoms with Crippen molar-refractivity contribution in [2.75, 3.05) is 0 Å². The highest BCUT2D eigenvalue weighted by atomic mass is 15.2. The van der Waals surface area contributed by atoms with Crippen LogP contribution in [0.2, 0.25) is 0 Å². The van der Waals surface area contributed by atoms with Crippen molar-refractivity contribution in [3.05, 3.63) is 12.7 Å². The van der Waals surface area contributed by atoms with Crippen LogP contribution in [0.1, 0.15) is 40.0 Å². The van der Waals surface area contributed by atoms with Crippen LogP contribution in [0.15, 0.2) is 12.7 Å². The van der Waals surface area contributed by atoms with Gasteiger partial charge >= 0.3 is 0 Å². The number of rotatable bonds is 7. The summed E-state index contributed by atoms with van der Waals surface area (Å²) in [6.45, 7) is 7.61. The van der Waals surface area contributed by atoms with Gasteiger partial charge < -0.3 is 9.88 Å². The molecule has 15 heavy (non-hydrogen) atoms. The Hall–Kier alpha value is -0.900. The quantitative estimate of drug-likeness (QED) is 0.746. The van der Waals surface area contributed by atoms with Crippen LogP contribution in [0.4, 0.5) is 0 Å². The Bertz CT molecular complexity index is 245. The molecule has 0 fully saturated rings. The zero-order valence-electron chi connectivity index (χ0n) is 9.98. The maximum absolute atomic E-state index is 3.80. The van der Waals surface area contributed by atoms with Crippen LogP contribution in [0.25, 0.3) is 0 Å². The molecule has 1 heterocycles. The Morgan fingerprint density at radius 1 is 1.27 bits per heavy atom. The number of hydrogen-bond acceptors (Lipinski definition) is 3. The van der Waals surface area contributed by atoms with Crippen molar-refractivity contribution >= 4 is 0 Å². The second-order valence-corrected chi connectivity index (χ2v) is 4.12. The zero-order chi connectivity index (χ0) is 11.1. The van der Waals surface area contributed by atoms with Crippen LogP contribution < -0.4 is 5.32 Å². The lowest BCUT2D eigenvalue weighted by Crippen LogP contribution is -2.38. The molecule has 1 aromatic rings. The molecule has 4 heteroatoms. The summed E-state index contributed by atoms with van der Waals surface area (Å²) in [5.74, 6) is 0. The Labute approximate surface area is 92.1 Å². The van der Waals surface area contributed by atoms with Gasteiger partial charge in [-0.05, 0) is 19.8 Å². The Balaban J connectivity index is 2.30. The summed E-state index contributed by atoms with van der Waals surface area (Å²) >= 11 is 0. The zero-order valence-corrected chi connectivity index (χ0v) is 9.98. The minimum Gasteiger partial charge on any atom is -0.319 e. The van der Waals surface area contributed by atoms with Gasteiger partial charge in [-0.15, -0.1) is 10.2 Å². The highest BCUT2D eigenvalue weighted by Gasteiger charge is 2.09. The van der Waals surface area contributed by atoms with E-state index in [4.69, 9.17) is 0 Å². The van der Waals surface area contributed by atoms with Crippen molar-refractivity contribution in [3.63, 3.8) is 0 Å². The largest absolute Gasteiger partial charge is 0.319 e. The van der Waals surface area contributed by atoms with Gasteiger partial charge in [0.25, 0.3) is 0 Å². The van der Waals surface area contributed by atoms with Gasteiger partial charge in [-0.2, -0.15) is 0 Å². The third-order valence-corrected chi connectivity index (χ3v) is 2.60. The smallest absolute Gasteiger partial charge is 0.119 e. The Morgan fingerprint density at radius 2 is 1.93 bits per heavy atom. The molecule has 2 atom stereocenters. The Kier molecular flexibility index (Phi) is 5.32. The molecule has 4 nitrogen and oxygen atoms in total. The predicted octanol–water partition coefficient (Wildman–Crippen LogP) is 1.83. The minimum atomic E-state index is 0.470. The SMILES string of the molecule is CCCC(CC)NC(C)Cn1cnnc1. The molecule has 2 unspecified atom stereocenters. The summed E-state index contributed by atoms with van der Waals surface area (Å²) in [5.41, 5.74) is 0. The van der Waals surface area contributed by atoms with Gasteiger partial charge in [0.05, 0.1) is 0 Å². The third-order valence-electron chi connectivity index (χ3n) is 2.60. The average molecular weight is 210 g/mol. The molecule has 1 N–H and O–H groups in total. The standard InChI is InChI=1S/C11H22N4/c1-4-6-11(5-2)14-10(3)7-15-8-12-13-9-15/h8-11,14H,4-7H2,1-3H3. The summed E-state index contributed by atoms with van der Waals surface area (Å²) in [7, 11) is 0. The molecule has 0 spiro atoms. The van der Waals surface area contributed by atoms with Crippen LogP contribution in [0.5, 0.6) is 0 Å². The van der Waals surface area contributed by atoms with Crippen molar-refractivity contribution in [1.29, 1.82) is 0 Å². The normalized spacial score (nSPS) is 15.1. The molecule has 0 radical (unpaired) electrons. The van der Waals surface area contributed by atoms with Gasteiger partial charge in [0.1, 0.15) is 12.7 Å². The lowest BCUT2D eigenvalue weighted by Gasteiger charge is -2.21. The minimum absolute atomic E-state index is 0.470. The molecule has 0 saturated heterocycles. The van der Waals surface area contributed by atoms with Gasteiger partial charge in [-0.1, -0.05) is 20.3 Å². The lowest BCUT2D eigenvalue weighted by molar-refractivity contribution is 0.381. The first-order valence-electron chi connectivity index (χ1n) is 5.84. The highest BCUT2D eigenvalue weighted by molar-refractivity contribution is 4.72. The average Bonchev–Trinajstić information content (AvgIpc) is 2.69. The molecule has 0 aliphatic rings. The topological polar surface area (TPSA) is 42.7 Å². The van der Waals surface area contributed by atoms with E-state index < -0.39 is 0 Å². The molecule has 1 rings (SSSR count). The van der Waals surface area contributed by atoms with Crippen LogP contribution in [0.3, 0.4) is 0 Å². The molecule has 86 valence electrons. The van der Waals surface area contributed by atoms with E-state index in [1.807, 2.05) is 4.57 Å². The summed E-state index contributed by atoms with van der Waals surface area (Å²) in [6, 6.07) is 1.11. The summed E-state index contributed by atoms with van der Waals surface area (Å²) < 4.78 is 2.01. The summed E-state index contributed by atoms with van der Waals surface area (Å²) in [6.07, 6.45) is 7.21. The monoisotopic (exact) mass is 210 g/mol. The predicted molar refractivity (Wildman–Crippen MR) is 61.6 cm³/mol. The van der Waals surface area contributed by atoms with E-state index in [9.17, 15) is 0 Å². The highest BCUT2D eigenvalue weighted by Crippen LogP contribution is 2.03. The number of nitrogens with zero attached hydrogens (tertiary/aromatic N) is 3. The van der Waals surface area contributed by atoms with Crippen LogP contribution >= 0.6 is 0 Å². The van der Waals surface area contributed by atoms with E-state index >= 15 is 0 Å². The second-order valence-electron chi connectivity index (χ2n) is 4.12. The molecule has 0 aliphatic heterocycles. The third kappa shape index (κ3) is 4.42. The van der Waals surface area contributed by atoms with E-state index in [0.29, 0.717) is 12.1 Å². The van der Waals surface area contributed by atoms with Gasteiger partial charge in [-0.3, -0.25) is 0 Å². The molecule has 1 aromatic heterocycles. The fourth-order valence-electron chi connectivity index (χ4n) is 1.84. The molecule has 0 saturated carbocycles. The van der Waals surface area contributed by atoms with Gasteiger partial charge in [0.15, 0.2) is 0 Å². The first-order valence-corrected chi connectivity index (χ1v) is 5.84. The maximum Gasteiger partial charge on any atom is 0.119 e. The molecular formula is C11H22N4. The van der Waals surface area contributed by atoms with Crippen molar-refractivity contribution in [3.8, 4) is 0 Å². The molecule has 0 aliphatic carbocycles. The van der Waals surface area contributed by atoms with Gasteiger partial charge in [-0.25, -0.2) is 0 Å². The van der Waals surface area contributed by atoms with Crippen LogP contribution in [0, 0.1) is 0 Å². The van der Waals surface area contributed by atoms with E-state index in [1.165, 1.54) is 19.3 Å². The van der Waals surface area contributed by atoms with Gasteiger partial charge in [0.2, 0.25) is 0 Å². The second kappa shape index (κ2) is 6.56. The number of hydrogen-bond donors (Lipinski definition) is 1. The fourth-order valence-corrected chi connectivity index (χ4v) is 1.84. The number of nitrogens with one attached hydrogen (secondary N) is 1. The lowest BCUT2D eigenvalue weighted by atomic mass is 10.1. The van der Waals surface area contributed by atoms with E-state index in [1.54, 1.807) is 12.7 Å². The van der Waals surface area contributed by atoms with Crippen molar-refractivity contribution in [2.24, 2.45) is 0 Å². The van der Waals surface area contributed by atoms with E-state index in [0.717, 1.165) is 6.54 Å². The van der Waals surface area contributed by atoms with Gasteiger partial charge in [0, 0.05) is 18.6 Å². The van der Waals surface area contributed by atoms with Crippen LogP contribution in [-0.2, 0) is 6.54 Å². The summed E-state index contributed by atoms with van der Waals surface area (Å²) in [5, 5.41) is 11.2. The molecule has 0 bridgehead atoms. The molecule has 0 amide bonds. The van der Waals surface area contributed by atoms with Crippen LogP contribution in [-0.4, -0.2) is 26.8 Å². The summed E-state index contributed by atoms with van der Waals surface area (Å²) in [4.78, 5) is 0. The van der Waals surface area contributed by atoms with Crippen molar-refractivity contribution < 1.29 is 0 Å².